The van der Waals surface area contributed by atoms with Crippen LogP contribution in [-0.4, -0.2) is 38.2 Å². The smallest absolute Gasteiger partial charge is 0.307 e. The minimum absolute atomic E-state index is 0.0726. The molecule has 0 saturated heterocycles. The number of rotatable bonds is 7. The molecule has 0 aliphatic heterocycles. The lowest BCUT2D eigenvalue weighted by Gasteiger charge is -2.16. The highest BCUT2D eigenvalue weighted by atomic mass is 31.2. The van der Waals surface area contributed by atoms with Crippen molar-refractivity contribution in [2.24, 2.45) is 5.92 Å². The number of carboxylic acids is 2. The van der Waals surface area contributed by atoms with E-state index in [2.05, 4.69) is 4.98 Å². The van der Waals surface area contributed by atoms with Crippen molar-refractivity contribution in [1.82, 2.24) is 4.98 Å². The molecular formula is C11H14NO6P. The third-order valence-corrected chi connectivity index (χ3v) is 4.45. The summed E-state index contributed by atoms with van der Waals surface area (Å²) in [6.07, 6.45) is 0.263. The molecule has 0 aromatic carbocycles. The third-order valence-electron chi connectivity index (χ3n) is 2.53. The molecule has 3 N–H and O–H groups in total. The van der Waals surface area contributed by atoms with E-state index in [0.29, 0.717) is 0 Å². The molecule has 0 amide bonds. The first-order valence-electron chi connectivity index (χ1n) is 5.51. The lowest BCUT2D eigenvalue weighted by Crippen LogP contribution is -2.23. The van der Waals surface area contributed by atoms with Crippen LogP contribution in [-0.2, 0) is 14.2 Å². The van der Waals surface area contributed by atoms with E-state index in [0.717, 1.165) is 0 Å². The summed E-state index contributed by atoms with van der Waals surface area (Å²) in [5.41, 5.74) is -0.0726. The van der Waals surface area contributed by atoms with Crippen LogP contribution in [0.15, 0.2) is 24.4 Å². The molecule has 2 unspecified atom stereocenters. The van der Waals surface area contributed by atoms with Crippen molar-refractivity contribution in [1.29, 1.82) is 0 Å². The van der Waals surface area contributed by atoms with Crippen LogP contribution in [0.25, 0.3) is 0 Å². The number of aromatic nitrogens is 1. The van der Waals surface area contributed by atoms with Gasteiger partial charge in [-0.1, -0.05) is 6.07 Å². The van der Waals surface area contributed by atoms with Crippen molar-refractivity contribution in [2.75, 3.05) is 6.16 Å². The average Bonchev–Trinajstić information content (AvgIpc) is 2.35. The maximum Gasteiger partial charge on any atom is 0.307 e. The molecule has 2 atom stereocenters. The highest BCUT2D eigenvalue weighted by Gasteiger charge is 2.31. The van der Waals surface area contributed by atoms with Gasteiger partial charge in [0.2, 0.25) is 7.37 Å². The highest BCUT2D eigenvalue weighted by Crippen LogP contribution is 2.41. The molecule has 8 heteroatoms. The summed E-state index contributed by atoms with van der Waals surface area (Å²) in [7, 11) is -3.90. The summed E-state index contributed by atoms with van der Waals surface area (Å²) in [5.74, 6) is -3.61. The van der Waals surface area contributed by atoms with E-state index in [1.165, 1.54) is 18.3 Å². The van der Waals surface area contributed by atoms with Crippen LogP contribution in [0.3, 0.4) is 0 Å². The summed E-state index contributed by atoms with van der Waals surface area (Å²) < 4.78 is 12.1. The summed E-state index contributed by atoms with van der Waals surface area (Å²) in [4.78, 5) is 35.0. The summed E-state index contributed by atoms with van der Waals surface area (Å²) in [5, 5.41) is 17.5. The third kappa shape index (κ3) is 4.81. The maximum absolute atomic E-state index is 12.1. The van der Waals surface area contributed by atoms with E-state index in [1.54, 1.807) is 6.07 Å². The van der Waals surface area contributed by atoms with Crippen LogP contribution < -0.4 is 5.44 Å². The van der Waals surface area contributed by atoms with Gasteiger partial charge in [0.1, 0.15) is 5.44 Å². The predicted molar refractivity (Wildman–Crippen MR) is 66.6 cm³/mol. The standard InChI is InChI=1S/C11H14NO6P/c13-10(14)5-4-8(11(15)16)7-19(17,18)9-3-1-2-6-12-9/h1-3,6,8H,4-5,7H2,(H,13,14)(H,15,16)(H,17,18). The van der Waals surface area contributed by atoms with Crippen LogP contribution in [0.4, 0.5) is 0 Å². The van der Waals surface area contributed by atoms with E-state index in [-0.39, 0.29) is 18.3 Å². The van der Waals surface area contributed by atoms with Gasteiger partial charge in [0, 0.05) is 18.8 Å². The minimum atomic E-state index is -3.90. The number of carbonyl (C=O) groups is 2. The normalized spacial score (nSPS) is 15.4. The molecule has 0 aliphatic carbocycles. The molecule has 0 aliphatic rings. The molecule has 1 heterocycles. The molecule has 1 aromatic rings. The van der Waals surface area contributed by atoms with Gasteiger partial charge < -0.3 is 15.1 Å². The van der Waals surface area contributed by atoms with E-state index in [4.69, 9.17) is 10.2 Å². The molecule has 0 saturated carbocycles. The number of hydrogen-bond acceptors (Lipinski definition) is 4. The first-order chi connectivity index (χ1) is 8.83. The second kappa shape index (κ2) is 6.45. The molecule has 0 fully saturated rings. The molecule has 0 spiro atoms. The first-order valence-corrected chi connectivity index (χ1v) is 7.35. The maximum atomic E-state index is 12.1. The van der Waals surface area contributed by atoms with Gasteiger partial charge in [-0.2, -0.15) is 0 Å². The Kier molecular flexibility index (Phi) is 5.20. The zero-order valence-electron chi connectivity index (χ0n) is 9.97. The van der Waals surface area contributed by atoms with Crippen LogP contribution in [0, 0.1) is 5.92 Å². The van der Waals surface area contributed by atoms with Gasteiger partial charge in [0.05, 0.1) is 5.92 Å². The fourth-order valence-electron chi connectivity index (χ4n) is 1.54. The van der Waals surface area contributed by atoms with Crippen LogP contribution in [0.1, 0.15) is 12.8 Å². The Balaban J connectivity index is 2.81. The lowest BCUT2D eigenvalue weighted by molar-refractivity contribution is -0.142. The van der Waals surface area contributed by atoms with Gasteiger partial charge in [0.25, 0.3) is 0 Å². The second-order valence-electron chi connectivity index (χ2n) is 4.04. The Morgan fingerprint density at radius 2 is 2.00 bits per heavy atom. The van der Waals surface area contributed by atoms with Crippen LogP contribution in [0.2, 0.25) is 0 Å². The predicted octanol–water partition coefficient (Wildman–Crippen LogP) is 0.543. The van der Waals surface area contributed by atoms with Gasteiger partial charge in [0.15, 0.2) is 0 Å². The molecule has 104 valence electrons. The number of carboxylic acid groups (broad SMARTS) is 2. The molecular weight excluding hydrogens is 273 g/mol. The fraction of sp³-hybridized carbons (Fsp3) is 0.364. The Morgan fingerprint density at radius 1 is 1.32 bits per heavy atom. The number of pyridine rings is 1. The van der Waals surface area contributed by atoms with E-state index in [9.17, 15) is 19.0 Å². The van der Waals surface area contributed by atoms with Crippen molar-refractivity contribution in [3.05, 3.63) is 24.4 Å². The zero-order chi connectivity index (χ0) is 14.5. The van der Waals surface area contributed by atoms with Crippen LogP contribution in [0.5, 0.6) is 0 Å². The summed E-state index contributed by atoms with van der Waals surface area (Å²) >= 11 is 0. The van der Waals surface area contributed by atoms with E-state index < -0.39 is 31.4 Å². The van der Waals surface area contributed by atoms with Crippen molar-refractivity contribution in [3.8, 4) is 0 Å². The Morgan fingerprint density at radius 3 is 2.47 bits per heavy atom. The quantitative estimate of drug-likeness (QED) is 0.625. The highest BCUT2D eigenvalue weighted by molar-refractivity contribution is 7.65. The van der Waals surface area contributed by atoms with Crippen molar-refractivity contribution >= 4 is 24.7 Å². The summed E-state index contributed by atoms with van der Waals surface area (Å²) in [6.45, 7) is 0. The molecule has 1 aromatic heterocycles. The second-order valence-corrected chi connectivity index (χ2v) is 6.27. The Labute approximate surface area is 109 Å². The van der Waals surface area contributed by atoms with Gasteiger partial charge in [-0.15, -0.1) is 0 Å². The SMILES string of the molecule is O=C(O)CCC(CP(=O)(O)c1ccccn1)C(=O)O. The van der Waals surface area contributed by atoms with E-state index in [1.807, 2.05) is 0 Å². The molecule has 1 rings (SSSR count). The monoisotopic (exact) mass is 287 g/mol. The Hall–Kier alpha value is -1.72. The topological polar surface area (TPSA) is 125 Å². The molecule has 19 heavy (non-hydrogen) atoms. The van der Waals surface area contributed by atoms with Gasteiger partial charge in [-0.05, 0) is 18.6 Å². The summed E-state index contributed by atoms with van der Waals surface area (Å²) in [6, 6.07) is 4.44. The minimum Gasteiger partial charge on any atom is -0.481 e. The Bertz CT molecular complexity index is 503. The van der Waals surface area contributed by atoms with Gasteiger partial charge >= 0.3 is 11.9 Å². The number of aliphatic carboxylic acids is 2. The zero-order valence-corrected chi connectivity index (χ0v) is 10.9. The lowest BCUT2D eigenvalue weighted by atomic mass is 10.1. The molecule has 7 nitrogen and oxygen atoms in total. The van der Waals surface area contributed by atoms with Crippen molar-refractivity contribution < 1.29 is 29.3 Å². The fourth-order valence-corrected chi connectivity index (χ4v) is 3.23. The van der Waals surface area contributed by atoms with Crippen molar-refractivity contribution in [3.63, 3.8) is 0 Å². The van der Waals surface area contributed by atoms with Crippen LogP contribution >= 0.6 is 7.37 Å². The number of hydrogen-bond donors (Lipinski definition) is 3. The van der Waals surface area contributed by atoms with E-state index >= 15 is 0 Å². The largest absolute Gasteiger partial charge is 0.481 e. The van der Waals surface area contributed by atoms with Crippen molar-refractivity contribution in [2.45, 2.75) is 12.8 Å². The molecule has 0 radical (unpaired) electrons. The van der Waals surface area contributed by atoms with Gasteiger partial charge in [-0.25, -0.2) is 0 Å². The van der Waals surface area contributed by atoms with Gasteiger partial charge in [-0.3, -0.25) is 19.1 Å². The first kappa shape index (κ1) is 15.3. The molecule has 0 bridgehead atoms. The number of nitrogens with zero attached hydrogens (tertiary/aromatic N) is 1. The average molecular weight is 287 g/mol.